The average molecular weight is 399 g/mol. The molecule has 0 aromatic carbocycles. The van der Waals surface area contributed by atoms with Crippen LogP contribution in [0, 0.1) is 35.0 Å². The van der Waals surface area contributed by atoms with E-state index in [9.17, 15) is 14.4 Å². The second-order valence-electron chi connectivity index (χ2n) is 10.4. The highest BCUT2D eigenvalue weighted by atomic mass is 16.2. The van der Waals surface area contributed by atoms with Crippen molar-refractivity contribution >= 4 is 17.8 Å². The number of hydrogen-bond donors (Lipinski definition) is 1. The molecular formula is C22H30N4O3. The maximum Gasteiger partial charge on any atom is 0.325 e. The zero-order valence-corrected chi connectivity index (χ0v) is 17.2. The quantitative estimate of drug-likeness (QED) is 0.695. The van der Waals surface area contributed by atoms with E-state index in [1.165, 1.54) is 19.3 Å². The van der Waals surface area contributed by atoms with Gasteiger partial charge in [0.25, 0.3) is 5.91 Å². The van der Waals surface area contributed by atoms with Crippen LogP contribution in [0.15, 0.2) is 0 Å². The van der Waals surface area contributed by atoms with Crippen LogP contribution in [0.3, 0.4) is 0 Å². The number of carbonyl (C=O) groups is 3. The number of imide groups is 1. The van der Waals surface area contributed by atoms with Gasteiger partial charge in [-0.25, -0.2) is 4.79 Å². The van der Waals surface area contributed by atoms with Gasteiger partial charge in [-0.3, -0.25) is 14.5 Å². The lowest BCUT2D eigenvalue weighted by atomic mass is 9.52. The lowest BCUT2D eigenvalue weighted by molar-refractivity contribution is -0.153. The van der Waals surface area contributed by atoms with Crippen LogP contribution in [0.25, 0.3) is 0 Å². The standard InChI is InChI=1S/C22H30N4O3/c1-21(17-3-4-17)19(28)25(20(29)24-21)13-18(27)26(6-2-5-23)22-10-14-7-15(11-22)9-16(8-14)12-22/h14-17H,2-4,6-13H2,1H3,(H,24,29)/t14?,15?,16?,21-,22?/m1/s1. The molecule has 1 aliphatic heterocycles. The predicted molar refractivity (Wildman–Crippen MR) is 104 cm³/mol. The summed E-state index contributed by atoms with van der Waals surface area (Å²) in [4.78, 5) is 41.9. The Labute approximate surface area is 171 Å². The van der Waals surface area contributed by atoms with Gasteiger partial charge in [-0.1, -0.05) is 0 Å². The molecule has 29 heavy (non-hydrogen) atoms. The smallest absolute Gasteiger partial charge is 0.325 e. The summed E-state index contributed by atoms with van der Waals surface area (Å²) < 4.78 is 0. The van der Waals surface area contributed by atoms with Gasteiger partial charge in [0.15, 0.2) is 0 Å². The first kappa shape index (κ1) is 18.9. The minimum absolute atomic E-state index is 0.175. The fourth-order valence-electron chi connectivity index (χ4n) is 7.20. The summed E-state index contributed by atoms with van der Waals surface area (Å²) in [7, 11) is 0. The number of nitrogens with one attached hydrogen (secondary N) is 1. The van der Waals surface area contributed by atoms with Gasteiger partial charge in [-0.05, 0) is 82.0 Å². The molecule has 156 valence electrons. The minimum atomic E-state index is -0.866. The highest BCUT2D eigenvalue weighted by molar-refractivity contribution is 6.09. The average Bonchev–Trinajstić information content (AvgIpc) is 3.47. The van der Waals surface area contributed by atoms with Crippen LogP contribution in [-0.4, -0.2) is 51.8 Å². The summed E-state index contributed by atoms with van der Waals surface area (Å²) >= 11 is 0. The van der Waals surface area contributed by atoms with Crippen LogP contribution in [0.2, 0.25) is 0 Å². The lowest BCUT2D eigenvalue weighted by Gasteiger charge is -2.60. The van der Waals surface area contributed by atoms with Crippen molar-refractivity contribution in [3.05, 3.63) is 0 Å². The molecule has 0 spiro atoms. The Morgan fingerprint density at radius 2 is 1.76 bits per heavy atom. The fraction of sp³-hybridized carbons (Fsp3) is 0.818. The normalized spacial score (nSPS) is 40.1. The van der Waals surface area contributed by atoms with E-state index in [0.717, 1.165) is 37.0 Å². The zero-order valence-electron chi connectivity index (χ0n) is 17.2. The maximum atomic E-state index is 13.5. The van der Waals surface area contributed by atoms with Gasteiger partial charge in [-0.2, -0.15) is 5.26 Å². The predicted octanol–water partition coefficient (Wildman–Crippen LogP) is 2.42. The number of hydrogen-bond acceptors (Lipinski definition) is 4. The molecule has 0 aromatic heterocycles. The zero-order chi connectivity index (χ0) is 20.4. The van der Waals surface area contributed by atoms with Gasteiger partial charge < -0.3 is 10.2 Å². The second kappa shape index (κ2) is 6.45. The van der Waals surface area contributed by atoms with Crippen molar-refractivity contribution in [1.29, 1.82) is 5.26 Å². The van der Waals surface area contributed by atoms with Gasteiger partial charge in [0, 0.05) is 12.1 Å². The number of rotatable bonds is 6. The first-order valence-electron chi connectivity index (χ1n) is 11.2. The first-order valence-corrected chi connectivity index (χ1v) is 11.2. The molecule has 6 rings (SSSR count). The summed E-state index contributed by atoms with van der Waals surface area (Å²) in [5.74, 6) is 1.75. The lowest BCUT2D eigenvalue weighted by Crippen LogP contribution is -2.63. The number of urea groups is 1. The first-order chi connectivity index (χ1) is 13.8. The highest BCUT2D eigenvalue weighted by Crippen LogP contribution is 2.58. The summed E-state index contributed by atoms with van der Waals surface area (Å²) in [5.41, 5.74) is -1.04. The van der Waals surface area contributed by atoms with Gasteiger partial charge in [0.2, 0.25) is 5.91 Å². The van der Waals surface area contributed by atoms with Gasteiger partial charge in [-0.15, -0.1) is 0 Å². The Morgan fingerprint density at radius 1 is 1.17 bits per heavy atom. The van der Waals surface area contributed by atoms with E-state index in [4.69, 9.17) is 5.26 Å². The molecule has 1 N–H and O–H groups in total. The van der Waals surface area contributed by atoms with Crippen LogP contribution in [0.4, 0.5) is 4.79 Å². The van der Waals surface area contributed by atoms with Crippen molar-refractivity contribution in [2.75, 3.05) is 13.1 Å². The molecule has 6 aliphatic rings. The Hall–Kier alpha value is -2.10. The van der Waals surface area contributed by atoms with E-state index in [2.05, 4.69) is 11.4 Å². The molecule has 1 heterocycles. The van der Waals surface area contributed by atoms with Crippen LogP contribution in [0.5, 0.6) is 0 Å². The summed E-state index contributed by atoms with van der Waals surface area (Å²) in [5, 5.41) is 12.0. The minimum Gasteiger partial charge on any atom is -0.334 e. The Kier molecular flexibility index (Phi) is 4.20. The molecule has 5 aliphatic carbocycles. The molecule has 0 aromatic rings. The van der Waals surface area contributed by atoms with E-state index >= 15 is 0 Å². The van der Waals surface area contributed by atoms with Gasteiger partial charge in [0.05, 0.1) is 12.5 Å². The third kappa shape index (κ3) is 2.94. The van der Waals surface area contributed by atoms with Crippen molar-refractivity contribution < 1.29 is 14.4 Å². The molecule has 4 amide bonds. The third-order valence-corrected chi connectivity index (χ3v) is 8.32. The summed E-state index contributed by atoms with van der Waals surface area (Å²) in [6, 6.07) is 1.72. The van der Waals surface area contributed by atoms with Crippen LogP contribution < -0.4 is 5.32 Å². The van der Waals surface area contributed by atoms with Gasteiger partial charge in [0.1, 0.15) is 12.1 Å². The van der Waals surface area contributed by atoms with Crippen molar-refractivity contribution in [1.82, 2.24) is 15.1 Å². The molecule has 0 unspecified atom stereocenters. The van der Waals surface area contributed by atoms with Crippen molar-refractivity contribution in [3.63, 3.8) is 0 Å². The molecule has 1 atom stereocenters. The monoisotopic (exact) mass is 398 g/mol. The molecule has 1 saturated heterocycles. The van der Waals surface area contributed by atoms with Gasteiger partial charge >= 0.3 is 6.03 Å². The Balaban J connectivity index is 1.36. The number of amides is 4. The fourth-order valence-corrected chi connectivity index (χ4v) is 7.20. The molecule has 6 fully saturated rings. The Morgan fingerprint density at radius 3 is 2.28 bits per heavy atom. The van der Waals surface area contributed by atoms with E-state index in [-0.39, 0.29) is 36.2 Å². The Bertz CT molecular complexity index is 763. The van der Waals surface area contributed by atoms with Crippen LogP contribution in [-0.2, 0) is 9.59 Å². The molecule has 7 heteroatoms. The number of nitriles is 1. The third-order valence-electron chi connectivity index (χ3n) is 8.32. The van der Waals surface area contributed by atoms with Crippen molar-refractivity contribution in [2.24, 2.45) is 23.7 Å². The van der Waals surface area contributed by atoms with Crippen LogP contribution in [0.1, 0.15) is 64.7 Å². The molecule has 0 radical (unpaired) electrons. The summed E-state index contributed by atoms with van der Waals surface area (Å²) in [6.07, 6.45) is 9.00. The van der Waals surface area contributed by atoms with E-state index in [0.29, 0.717) is 24.3 Å². The van der Waals surface area contributed by atoms with E-state index in [1.807, 2.05) is 4.90 Å². The van der Waals surface area contributed by atoms with Crippen molar-refractivity contribution in [3.8, 4) is 6.07 Å². The number of nitrogens with zero attached hydrogens (tertiary/aromatic N) is 3. The largest absolute Gasteiger partial charge is 0.334 e. The van der Waals surface area contributed by atoms with Crippen LogP contribution >= 0.6 is 0 Å². The second-order valence-corrected chi connectivity index (χ2v) is 10.4. The molecule has 5 saturated carbocycles. The highest BCUT2D eigenvalue weighted by Gasteiger charge is 2.58. The van der Waals surface area contributed by atoms with Crippen molar-refractivity contribution in [2.45, 2.75) is 75.8 Å². The molecule has 7 nitrogen and oxygen atoms in total. The SMILES string of the molecule is C[C@]1(C2CC2)NC(=O)N(CC(=O)N(CCC#N)C23CC4CC(CC(C4)C2)C3)C1=O. The molecular weight excluding hydrogens is 368 g/mol. The van der Waals surface area contributed by atoms with E-state index < -0.39 is 11.6 Å². The number of carbonyl (C=O) groups excluding carboxylic acids is 3. The topological polar surface area (TPSA) is 93.5 Å². The maximum absolute atomic E-state index is 13.5. The molecule has 4 bridgehead atoms. The summed E-state index contributed by atoms with van der Waals surface area (Å²) in [6.45, 7) is 1.97. The van der Waals surface area contributed by atoms with E-state index in [1.54, 1.807) is 6.92 Å².